The highest BCUT2D eigenvalue weighted by Gasteiger charge is 2.34. The third kappa shape index (κ3) is 15.1. The molecule has 1 aliphatic rings. The molecular formula is C33H58O6. The normalized spacial score (nSPS) is 22.1. The average molecular weight is 551 g/mol. The van der Waals surface area contributed by atoms with Crippen molar-refractivity contribution in [3.8, 4) is 0 Å². The molecule has 0 aromatic heterocycles. The first-order chi connectivity index (χ1) is 17.9. The minimum Gasteiger partial charge on any atom is -0.463 e. The van der Waals surface area contributed by atoms with Crippen LogP contribution in [0.3, 0.4) is 0 Å². The second-order valence-electron chi connectivity index (χ2n) is 13.7. The molecule has 0 spiro atoms. The van der Waals surface area contributed by atoms with Crippen LogP contribution in [0, 0.1) is 29.6 Å². The first-order valence-electron chi connectivity index (χ1n) is 15.0. The summed E-state index contributed by atoms with van der Waals surface area (Å²) in [5.41, 5.74) is 0.855. The molecule has 1 rings (SSSR count). The Morgan fingerprint density at radius 2 is 1.59 bits per heavy atom. The molecule has 1 saturated heterocycles. The van der Waals surface area contributed by atoms with Crippen molar-refractivity contribution in [1.29, 1.82) is 0 Å². The molecule has 0 saturated carbocycles. The van der Waals surface area contributed by atoms with Crippen LogP contribution in [-0.2, 0) is 28.5 Å². The SMILES string of the molecule is CCC(C)CC(C)CC(C)CC(C)/C=C(C)/C=C(/CC(C)C(=O)OC[C@H]1COC(C)(C)O1)C(=O)OC(C)(C)C. The summed E-state index contributed by atoms with van der Waals surface area (Å²) in [6.07, 6.45) is 8.91. The van der Waals surface area contributed by atoms with Crippen LogP contribution < -0.4 is 0 Å². The first kappa shape index (κ1) is 35.4. The number of carbonyl (C=O) groups excluding carboxylic acids is 2. The predicted octanol–water partition coefficient (Wildman–Crippen LogP) is 8.05. The number of allylic oxidation sites excluding steroid dienone is 3. The standard InChI is InChI=1S/C33H58O6/c1-13-22(2)14-23(3)15-24(4)16-25(5)17-26(6)18-28(31(35)39-32(8,9)10)19-27(7)30(34)36-20-29-21-37-33(11,12)38-29/h17-18,22-25,27,29H,13-16,19-21H2,1-12H3/b26-17+,28-18-/t22?,23?,24?,25?,27?,29-/m0/s1. The van der Waals surface area contributed by atoms with E-state index in [0.29, 0.717) is 24.0 Å². The molecule has 6 heteroatoms. The van der Waals surface area contributed by atoms with Crippen LogP contribution in [0.5, 0.6) is 0 Å². The van der Waals surface area contributed by atoms with Crippen molar-refractivity contribution in [3.05, 3.63) is 23.3 Å². The van der Waals surface area contributed by atoms with Crippen LogP contribution in [0.2, 0.25) is 0 Å². The largest absolute Gasteiger partial charge is 0.463 e. The smallest absolute Gasteiger partial charge is 0.334 e. The summed E-state index contributed by atoms with van der Waals surface area (Å²) >= 11 is 0. The summed E-state index contributed by atoms with van der Waals surface area (Å²) in [4.78, 5) is 25.8. The van der Waals surface area contributed by atoms with E-state index in [9.17, 15) is 9.59 Å². The summed E-state index contributed by atoms with van der Waals surface area (Å²) in [7, 11) is 0. The molecule has 6 nitrogen and oxygen atoms in total. The molecule has 1 heterocycles. The lowest BCUT2D eigenvalue weighted by molar-refractivity contribution is -0.161. The molecule has 0 aliphatic carbocycles. The lowest BCUT2D eigenvalue weighted by Crippen LogP contribution is -2.28. The van der Waals surface area contributed by atoms with Crippen LogP contribution in [0.1, 0.15) is 115 Å². The Bertz CT molecular complexity index is 834. The van der Waals surface area contributed by atoms with Gasteiger partial charge < -0.3 is 18.9 Å². The lowest BCUT2D eigenvalue weighted by atomic mass is 9.84. The van der Waals surface area contributed by atoms with E-state index in [-0.39, 0.29) is 25.1 Å². The van der Waals surface area contributed by atoms with Gasteiger partial charge in [-0.15, -0.1) is 0 Å². The maximum absolute atomic E-state index is 13.1. The van der Waals surface area contributed by atoms with Gasteiger partial charge in [0.1, 0.15) is 18.3 Å². The summed E-state index contributed by atoms with van der Waals surface area (Å²) < 4.78 is 22.4. The molecule has 39 heavy (non-hydrogen) atoms. The van der Waals surface area contributed by atoms with Gasteiger partial charge in [-0.2, -0.15) is 0 Å². The Hall–Kier alpha value is -1.66. The number of carbonyl (C=O) groups is 2. The average Bonchev–Trinajstić information content (AvgIpc) is 3.13. The highest BCUT2D eigenvalue weighted by Crippen LogP contribution is 2.27. The van der Waals surface area contributed by atoms with E-state index >= 15 is 0 Å². The lowest BCUT2D eigenvalue weighted by Gasteiger charge is -2.22. The number of hydrogen-bond acceptors (Lipinski definition) is 6. The number of hydrogen-bond donors (Lipinski definition) is 0. The highest BCUT2D eigenvalue weighted by atomic mass is 16.7. The van der Waals surface area contributed by atoms with Gasteiger partial charge in [0.05, 0.1) is 12.5 Å². The monoisotopic (exact) mass is 550 g/mol. The van der Waals surface area contributed by atoms with Crippen molar-refractivity contribution in [1.82, 2.24) is 0 Å². The van der Waals surface area contributed by atoms with E-state index in [1.165, 1.54) is 19.3 Å². The fraction of sp³-hybridized carbons (Fsp3) is 0.818. The Labute approximate surface area is 239 Å². The minimum atomic E-state index is -0.667. The Kier molecular flexibility index (Phi) is 14.5. The van der Waals surface area contributed by atoms with Gasteiger partial charge in [-0.1, -0.05) is 59.6 Å². The molecule has 0 aromatic carbocycles. The summed E-state index contributed by atoms with van der Waals surface area (Å²) in [5, 5.41) is 0. The van der Waals surface area contributed by atoms with Gasteiger partial charge in [-0.25, -0.2) is 4.79 Å². The van der Waals surface area contributed by atoms with Gasteiger partial charge in [0.2, 0.25) is 0 Å². The zero-order chi connectivity index (χ0) is 30.0. The minimum absolute atomic E-state index is 0.128. The van der Waals surface area contributed by atoms with E-state index in [1.807, 2.05) is 47.6 Å². The molecule has 1 fully saturated rings. The second-order valence-corrected chi connectivity index (χ2v) is 13.7. The maximum Gasteiger partial charge on any atom is 0.334 e. The Morgan fingerprint density at radius 1 is 1.00 bits per heavy atom. The van der Waals surface area contributed by atoms with Gasteiger partial charge >= 0.3 is 11.9 Å². The molecule has 226 valence electrons. The third-order valence-corrected chi connectivity index (χ3v) is 7.10. The first-order valence-corrected chi connectivity index (χ1v) is 15.0. The van der Waals surface area contributed by atoms with Crippen molar-refractivity contribution < 1.29 is 28.5 Å². The van der Waals surface area contributed by atoms with Crippen molar-refractivity contribution >= 4 is 11.9 Å². The number of rotatable bonds is 15. The zero-order valence-electron chi connectivity index (χ0n) is 27.0. The van der Waals surface area contributed by atoms with Crippen LogP contribution in [0.4, 0.5) is 0 Å². The third-order valence-electron chi connectivity index (χ3n) is 7.10. The number of esters is 2. The van der Waals surface area contributed by atoms with Crippen molar-refractivity contribution in [2.45, 2.75) is 133 Å². The molecule has 0 aromatic rings. The van der Waals surface area contributed by atoms with Gasteiger partial charge in [-0.3, -0.25) is 4.79 Å². The van der Waals surface area contributed by atoms with Gasteiger partial charge in [0.25, 0.3) is 0 Å². The fourth-order valence-corrected chi connectivity index (χ4v) is 5.33. The zero-order valence-corrected chi connectivity index (χ0v) is 27.0. The Morgan fingerprint density at radius 3 is 2.13 bits per heavy atom. The van der Waals surface area contributed by atoms with E-state index < -0.39 is 23.3 Å². The molecule has 0 N–H and O–H groups in total. The molecular weight excluding hydrogens is 492 g/mol. The summed E-state index contributed by atoms with van der Waals surface area (Å²) in [6, 6.07) is 0. The maximum atomic E-state index is 13.1. The van der Waals surface area contributed by atoms with Crippen molar-refractivity contribution in [3.63, 3.8) is 0 Å². The summed E-state index contributed by atoms with van der Waals surface area (Å²) in [6.45, 7) is 25.1. The quantitative estimate of drug-likeness (QED) is 0.117. The molecule has 0 amide bonds. The van der Waals surface area contributed by atoms with E-state index in [2.05, 4.69) is 40.7 Å². The fourth-order valence-electron chi connectivity index (χ4n) is 5.33. The molecule has 0 bridgehead atoms. The van der Waals surface area contributed by atoms with E-state index in [0.717, 1.165) is 23.8 Å². The molecule has 5 unspecified atom stereocenters. The van der Waals surface area contributed by atoms with E-state index in [1.54, 1.807) is 6.92 Å². The van der Waals surface area contributed by atoms with E-state index in [4.69, 9.17) is 18.9 Å². The van der Waals surface area contributed by atoms with Crippen LogP contribution in [0.15, 0.2) is 23.3 Å². The topological polar surface area (TPSA) is 71.1 Å². The molecule has 1 aliphatic heterocycles. The predicted molar refractivity (Wildman–Crippen MR) is 158 cm³/mol. The van der Waals surface area contributed by atoms with Crippen molar-refractivity contribution in [2.75, 3.05) is 13.2 Å². The van der Waals surface area contributed by atoms with Crippen molar-refractivity contribution in [2.24, 2.45) is 29.6 Å². The molecule has 0 radical (unpaired) electrons. The highest BCUT2D eigenvalue weighted by molar-refractivity contribution is 5.90. The Balaban J connectivity index is 2.85. The van der Waals surface area contributed by atoms with Gasteiger partial charge in [0, 0.05) is 5.57 Å². The summed E-state index contributed by atoms with van der Waals surface area (Å²) in [5.74, 6) is 0.583. The van der Waals surface area contributed by atoms with Gasteiger partial charge in [-0.05, 0) is 97.0 Å². The van der Waals surface area contributed by atoms with Crippen LogP contribution >= 0.6 is 0 Å². The molecule has 6 atom stereocenters. The van der Waals surface area contributed by atoms with Crippen LogP contribution in [0.25, 0.3) is 0 Å². The van der Waals surface area contributed by atoms with Gasteiger partial charge in [0.15, 0.2) is 5.79 Å². The number of ether oxygens (including phenoxy) is 4. The van der Waals surface area contributed by atoms with Crippen LogP contribution in [-0.4, -0.2) is 42.6 Å². The second kappa shape index (κ2) is 16.0.